The molecule has 7 nitrogen and oxygen atoms in total. The zero-order valence-corrected chi connectivity index (χ0v) is 19.3. The molecule has 0 N–H and O–H groups in total. The molecule has 2 aromatic carbocycles. The van der Waals surface area contributed by atoms with Crippen molar-refractivity contribution in [2.24, 2.45) is 0 Å². The third kappa shape index (κ3) is 4.65. The highest BCUT2D eigenvalue weighted by Crippen LogP contribution is 2.35. The maximum Gasteiger partial charge on any atom is 0.252 e. The summed E-state index contributed by atoms with van der Waals surface area (Å²) in [4.78, 5) is 27.3. The Morgan fingerprint density at radius 1 is 0.939 bits per heavy atom. The standard InChI is InChI=1S/C24H27FN2O5S/c1-32-20-12-14-21(15-13-20)33(30,31)27(19-6-4-2-3-5-7-19)22-16-23(28)26(24(22)29)18-10-8-17(25)9-11-18/h8-15,19,22H,2-7,16H2,1H3. The molecule has 2 amide bonds. The number of carbonyl (C=O) groups excluding carboxylic acids is 2. The van der Waals surface area contributed by atoms with Crippen LogP contribution in [0.15, 0.2) is 53.4 Å². The quantitative estimate of drug-likeness (QED) is 0.469. The number of anilines is 1. The highest BCUT2D eigenvalue weighted by atomic mass is 32.2. The van der Waals surface area contributed by atoms with E-state index in [0.717, 1.165) is 30.6 Å². The number of carbonyl (C=O) groups is 2. The van der Waals surface area contributed by atoms with Gasteiger partial charge in [-0.15, -0.1) is 0 Å². The number of sulfonamides is 1. The van der Waals surface area contributed by atoms with Crippen LogP contribution < -0.4 is 9.64 Å². The van der Waals surface area contributed by atoms with E-state index < -0.39 is 33.7 Å². The molecule has 2 aromatic rings. The van der Waals surface area contributed by atoms with E-state index in [0.29, 0.717) is 18.6 Å². The van der Waals surface area contributed by atoms with Gasteiger partial charge in [0.25, 0.3) is 5.91 Å². The lowest BCUT2D eigenvalue weighted by molar-refractivity contribution is -0.122. The molecule has 1 aliphatic heterocycles. The molecule has 1 unspecified atom stereocenters. The van der Waals surface area contributed by atoms with Gasteiger partial charge in [-0.3, -0.25) is 9.59 Å². The molecule has 176 valence electrons. The lowest BCUT2D eigenvalue weighted by Gasteiger charge is -2.33. The molecule has 1 aliphatic carbocycles. The minimum Gasteiger partial charge on any atom is -0.497 e. The number of halogens is 1. The summed E-state index contributed by atoms with van der Waals surface area (Å²) in [5, 5.41) is 0. The van der Waals surface area contributed by atoms with E-state index >= 15 is 0 Å². The number of nitrogens with zero attached hydrogens (tertiary/aromatic N) is 2. The molecule has 4 rings (SSSR count). The Kier molecular flexibility index (Phi) is 6.81. The number of ether oxygens (including phenoxy) is 1. The van der Waals surface area contributed by atoms with Crippen molar-refractivity contribution in [1.82, 2.24) is 4.31 Å². The van der Waals surface area contributed by atoms with Crippen LogP contribution in [-0.4, -0.2) is 43.7 Å². The summed E-state index contributed by atoms with van der Waals surface area (Å²) in [6.07, 6.45) is 4.74. The van der Waals surface area contributed by atoms with Crippen LogP contribution in [0.5, 0.6) is 5.75 Å². The van der Waals surface area contributed by atoms with Gasteiger partial charge in [-0.05, 0) is 61.4 Å². The van der Waals surface area contributed by atoms with Crippen molar-refractivity contribution in [2.75, 3.05) is 12.0 Å². The van der Waals surface area contributed by atoms with Crippen LogP contribution in [0.3, 0.4) is 0 Å². The highest BCUT2D eigenvalue weighted by molar-refractivity contribution is 7.89. The zero-order valence-electron chi connectivity index (χ0n) is 18.4. The molecule has 1 heterocycles. The normalized spacial score (nSPS) is 20.3. The van der Waals surface area contributed by atoms with E-state index in [1.54, 1.807) is 12.1 Å². The summed E-state index contributed by atoms with van der Waals surface area (Å²) in [6.45, 7) is 0. The minimum atomic E-state index is -4.08. The van der Waals surface area contributed by atoms with E-state index in [1.165, 1.54) is 47.8 Å². The lowest BCUT2D eigenvalue weighted by atomic mass is 10.1. The van der Waals surface area contributed by atoms with Crippen molar-refractivity contribution in [1.29, 1.82) is 0 Å². The van der Waals surface area contributed by atoms with Crippen LogP contribution in [0.4, 0.5) is 10.1 Å². The van der Waals surface area contributed by atoms with Crippen molar-refractivity contribution in [3.8, 4) is 5.75 Å². The summed E-state index contributed by atoms with van der Waals surface area (Å²) < 4.78 is 47.4. The van der Waals surface area contributed by atoms with E-state index in [1.807, 2.05) is 0 Å². The first kappa shape index (κ1) is 23.4. The van der Waals surface area contributed by atoms with E-state index in [4.69, 9.17) is 4.74 Å². The van der Waals surface area contributed by atoms with Crippen LogP contribution in [0.2, 0.25) is 0 Å². The Labute approximate surface area is 193 Å². The van der Waals surface area contributed by atoms with Gasteiger partial charge in [-0.1, -0.05) is 25.7 Å². The number of methoxy groups -OCH3 is 1. The second-order valence-electron chi connectivity index (χ2n) is 8.42. The van der Waals surface area contributed by atoms with E-state index in [2.05, 4.69) is 0 Å². The Balaban J connectivity index is 1.73. The molecule has 0 bridgehead atoms. The van der Waals surface area contributed by atoms with E-state index in [9.17, 15) is 22.4 Å². The van der Waals surface area contributed by atoms with Crippen molar-refractivity contribution in [3.05, 3.63) is 54.3 Å². The first-order valence-electron chi connectivity index (χ1n) is 11.1. The van der Waals surface area contributed by atoms with Crippen LogP contribution in [0.25, 0.3) is 0 Å². The van der Waals surface area contributed by atoms with Gasteiger partial charge in [-0.2, -0.15) is 4.31 Å². The number of imide groups is 1. The first-order valence-corrected chi connectivity index (χ1v) is 12.6. The maximum absolute atomic E-state index is 13.8. The zero-order chi connectivity index (χ0) is 23.6. The fourth-order valence-corrected chi connectivity index (χ4v) is 6.50. The third-order valence-corrected chi connectivity index (χ3v) is 8.31. The molecule has 0 aromatic heterocycles. The van der Waals surface area contributed by atoms with Gasteiger partial charge in [0.2, 0.25) is 15.9 Å². The van der Waals surface area contributed by atoms with Gasteiger partial charge in [0, 0.05) is 6.04 Å². The second kappa shape index (κ2) is 9.61. The van der Waals surface area contributed by atoms with Crippen LogP contribution in [-0.2, 0) is 19.6 Å². The highest BCUT2D eigenvalue weighted by Gasteiger charge is 2.49. The summed E-state index contributed by atoms with van der Waals surface area (Å²) >= 11 is 0. The third-order valence-electron chi connectivity index (χ3n) is 6.33. The topological polar surface area (TPSA) is 84.0 Å². The van der Waals surface area contributed by atoms with E-state index in [-0.39, 0.29) is 23.0 Å². The van der Waals surface area contributed by atoms with Gasteiger partial charge >= 0.3 is 0 Å². The molecular weight excluding hydrogens is 447 g/mol. The van der Waals surface area contributed by atoms with Gasteiger partial charge in [0.15, 0.2) is 0 Å². The lowest BCUT2D eigenvalue weighted by Crippen LogP contribution is -2.50. The Hall–Kier alpha value is -2.78. The molecule has 2 aliphatic rings. The second-order valence-corrected chi connectivity index (χ2v) is 10.3. The Bertz CT molecular complexity index is 1110. The number of hydrogen-bond donors (Lipinski definition) is 0. The monoisotopic (exact) mass is 474 g/mol. The van der Waals surface area contributed by atoms with Gasteiger partial charge in [0.1, 0.15) is 17.6 Å². The number of rotatable bonds is 6. The smallest absolute Gasteiger partial charge is 0.252 e. The summed E-state index contributed by atoms with van der Waals surface area (Å²) in [5.41, 5.74) is 0.233. The van der Waals surface area contributed by atoms with Gasteiger partial charge in [-0.25, -0.2) is 17.7 Å². The average molecular weight is 475 g/mol. The predicted octanol–water partition coefficient (Wildman–Crippen LogP) is 3.88. The number of amides is 2. The number of benzene rings is 2. The molecule has 0 radical (unpaired) electrons. The first-order chi connectivity index (χ1) is 15.8. The average Bonchev–Trinajstić information content (AvgIpc) is 2.97. The molecule has 1 atom stereocenters. The van der Waals surface area contributed by atoms with Crippen molar-refractivity contribution in [2.45, 2.75) is 61.9 Å². The maximum atomic E-state index is 13.8. The number of hydrogen-bond acceptors (Lipinski definition) is 5. The molecular formula is C24H27FN2O5S. The summed E-state index contributed by atoms with van der Waals surface area (Å²) in [6, 6.07) is 9.54. The molecule has 33 heavy (non-hydrogen) atoms. The fraction of sp³-hybridized carbons (Fsp3) is 0.417. The summed E-state index contributed by atoms with van der Waals surface area (Å²) in [5.74, 6) is -1.07. The van der Waals surface area contributed by atoms with Gasteiger partial charge < -0.3 is 4.74 Å². The molecule has 1 saturated carbocycles. The Morgan fingerprint density at radius 2 is 1.55 bits per heavy atom. The molecule has 2 fully saturated rings. The van der Waals surface area contributed by atoms with Crippen LogP contribution in [0, 0.1) is 5.82 Å². The largest absolute Gasteiger partial charge is 0.497 e. The van der Waals surface area contributed by atoms with Crippen molar-refractivity contribution >= 4 is 27.5 Å². The van der Waals surface area contributed by atoms with Crippen LogP contribution in [0.1, 0.15) is 44.9 Å². The van der Waals surface area contributed by atoms with Crippen molar-refractivity contribution in [3.63, 3.8) is 0 Å². The SMILES string of the molecule is COc1ccc(S(=O)(=O)N(C2CCCCCC2)C2CC(=O)N(c3ccc(F)cc3)C2=O)cc1. The predicted molar refractivity (Wildman–Crippen MR) is 121 cm³/mol. The minimum absolute atomic E-state index is 0.0491. The fourth-order valence-electron chi connectivity index (χ4n) is 4.68. The molecule has 0 spiro atoms. The summed E-state index contributed by atoms with van der Waals surface area (Å²) in [7, 11) is -2.58. The molecule has 9 heteroatoms. The Morgan fingerprint density at radius 3 is 2.12 bits per heavy atom. The van der Waals surface area contributed by atoms with Crippen LogP contribution >= 0.6 is 0 Å². The van der Waals surface area contributed by atoms with Crippen molar-refractivity contribution < 1.29 is 27.1 Å². The van der Waals surface area contributed by atoms with Gasteiger partial charge in [0.05, 0.1) is 24.1 Å². The molecule has 1 saturated heterocycles.